The number of nitrogens with zero attached hydrogens (tertiary/aromatic N) is 3. The standard InChI is InChI=1S/C16H32N4O3/c1-5-22-13-7-6-8-18-14(17)19-9-11-20(12-10-19)15(21)23-16(2,3)4/h5-13H2,1-4H3,(H2,17,18). The Morgan fingerprint density at radius 3 is 2.30 bits per heavy atom. The Bertz CT molecular complexity index is 385. The summed E-state index contributed by atoms with van der Waals surface area (Å²) >= 11 is 0. The third kappa shape index (κ3) is 8.06. The van der Waals surface area contributed by atoms with Crippen molar-refractivity contribution in [2.45, 2.75) is 46.1 Å². The molecule has 7 nitrogen and oxygen atoms in total. The number of hydrogen-bond donors (Lipinski definition) is 1. The van der Waals surface area contributed by atoms with Crippen LogP contribution in [-0.2, 0) is 9.47 Å². The quantitative estimate of drug-likeness (QED) is 0.456. The Morgan fingerprint density at radius 1 is 1.13 bits per heavy atom. The molecule has 1 fully saturated rings. The minimum Gasteiger partial charge on any atom is -0.444 e. The zero-order chi connectivity index (χ0) is 17.3. The maximum Gasteiger partial charge on any atom is 0.410 e. The van der Waals surface area contributed by atoms with Crippen molar-refractivity contribution in [3.05, 3.63) is 0 Å². The number of amides is 1. The first kappa shape index (κ1) is 19.5. The Hall–Kier alpha value is -1.50. The number of unbranched alkanes of at least 4 members (excludes halogenated alkanes) is 1. The van der Waals surface area contributed by atoms with E-state index in [1.807, 2.05) is 32.6 Å². The molecule has 0 bridgehead atoms. The maximum atomic E-state index is 12.0. The summed E-state index contributed by atoms with van der Waals surface area (Å²) in [7, 11) is 0. The molecule has 1 saturated heterocycles. The number of nitrogens with two attached hydrogens (primary N) is 1. The van der Waals surface area contributed by atoms with Crippen molar-refractivity contribution >= 4 is 12.1 Å². The molecule has 0 radical (unpaired) electrons. The lowest BCUT2D eigenvalue weighted by atomic mass is 10.2. The van der Waals surface area contributed by atoms with Gasteiger partial charge in [-0.1, -0.05) is 0 Å². The average molecular weight is 328 g/mol. The summed E-state index contributed by atoms with van der Waals surface area (Å²) < 4.78 is 10.7. The van der Waals surface area contributed by atoms with Crippen molar-refractivity contribution in [3.63, 3.8) is 0 Å². The van der Waals surface area contributed by atoms with E-state index in [2.05, 4.69) is 4.99 Å². The molecule has 1 aliphatic heterocycles. The van der Waals surface area contributed by atoms with E-state index in [4.69, 9.17) is 15.2 Å². The second kappa shape index (κ2) is 9.60. The van der Waals surface area contributed by atoms with Crippen LogP contribution in [0.5, 0.6) is 0 Å². The predicted molar refractivity (Wildman–Crippen MR) is 91.6 cm³/mol. The lowest BCUT2D eigenvalue weighted by Gasteiger charge is -2.36. The number of hydrogen-bond acceptors (Lipinski definition) is 4. The molecule has 1 amide bonds. The minimum absolute atomic E-state index is 0.261. The molecule has 7 heteroatoms. The van der Waals surface area contributed by atoms with Gasteiger partial charge >= 0.3 is 6.09 Å². The van der Waals surface area contributed by atoms with Gasteiger partial charge in [-0.15, -0.1) is 0 Å². The average Bonchev–Trinajstić information content (AvgIpc) is 2.49. The SMILES string of the molecule is CCOCCCCN=C(N)N1CCN(C(=O)OC(C)(C)C)CC1. The number of carbonyl (C=O) groups is 1. The van der Waals surface area contributed by atoms with Crippen LogP contribution >= 0.6 is 0 Å². The second-order valence-corrected chi connectivity index (χ2v) is 6.60. The van der Waals surface area contributed by atoms with Gasteiger partial charge in [0, 0.05) is 45.9 Å². The molecule has 1 aliphatic rings. The molecule has 1 rings (SSSR count). The van der Waals surface area contributed by atoms with Crippen molar-refractivity contribution in [1.82, 2.24) is 9.80 Å². The smallest absolute Gasteiger partial charge is 0.410 e. The fourth-order valence-corrected chi connectivity index (χ4v) is 2.20. The fraction of sp³-hybridized carbons (Fsp3) is 0.875. The summed E-state index contributed by atoms with van der Waals surface area (Å²) in [5.41, 5.74) is 5.56. The molecular formula is C16H32N4O3. The fourth-order valence-electron chi connectivity index (χ4n) is 2.20. The summed E-state index contributed by atoms with van der Waals surface area (Å²) in [5.74, 6) is 0.560. The molecule has 0 aliphatic carbocycles. The van der Waals surface area contributed by atoms with Gasteiger partial charge in [-0.2, -0.15) is 0 Å². The van der Waals surface area contributed by atoms with Gasteiger partial charge in [0.15, 0.2) is 5.96 Å². The highest BCUT2D eigenvalue weighted by Crippen LogP contribution is 2.11. The molecule has 0 unspecified atom stereocenters. The molecule has 134 valence electrons. The topological polar surface area (TPSA) is 80.4 Å². The lowest BCUT2D eigenvalue weighted by molar-refractivity contribution is 0.0186. The number of carbonyl (C=O) groups excluding carboxylic acids is 1. The molecule has 0 spiro atoms. The van der Waals surface area contributed by atoms with Crippen LogP contribution in [0.4, 0.5) is 4.79 Å². The first-order valence-electron chi connectivity index (χ1n) is 8.44. The highest BCUT2D eigenvalue weighted by Gasteiger charge is 2.26. The van der Waals surface area contributed by atoms with Crippen molar-refractivity contribution in [1.29, 1.82) is 0 Å². The molecular weight excluding hydrogens is 296 g/mol. The van der Waals surface area contributed by atoms with Crippen molar-refractivity contribution in [3.8, 4) is 0 Å². The van der Waals surface area contributed by atoms with Crippen molar-refractivity contribution in [2.24, 2.45) is 10.7 Å². The minimum atomic E-state index is -0.462. The van der Waals surface area contributed by atoms with Crippen molar-refractivity contribution in [2.75, 3.05) is 45.9 Å². The Balaban J connectivity index is 2.28. The van der Waals surface area contributed by atoms with Crippen LogP contribution in [0.15, 0.2) is 4.99 Å². The third-order valence-corrected chi connectivity index (χ3v) is 3.43. The van der Waals surface area contributed by atoms with Crippen LogP contribution in [0.1, 0.15) is 40.5 Å². The van der Waals surface area contributed by atoms with Gasteiger partial charge in [0.2, 0.25) is 0 Å². The van der Waals surface area contributed by atoms with Crippen LogP contribution in [0, 0.1) is 0 Å². The molecule has 0 atom stereocenters. The molecule has 1 heterocycles. The summed E-state index contributed by atoms with van der Waals surface area (Å²) in [6, 6.07) is 0. The van der Waals surface area contributed by atoms with Crippen LogP contribution in [-0.4, -0.2) is 73.4 Å². The van der Waals surface area contributed by atoms with E-state index in [1.54, 1.807) is 4.90 Å². The zero-order valence-electron chi connectivity index (χ0n) is 15.0. The van der Waals surface area contributed by atoms with Gasteiger partial charge < -0.3 is 25.0 Å². The van der Waals surface area contributed by atoms with Crippen molar-refractivity contribution < 1.29 is 14.3 Å². The van der Waals surface area contributed by atoms with E-state index >= 15 is 0 Å². The van der Waals surface area contributed by atoms with Gasteiger partial charge in [-0.3, -0.25) is 4.99 Å². The monoisotopic (exact) mass is 328 g/mol. The number of ether oxygens (including phenoxy) is 2. The first-order chi connectivity index (χ1) is 10.8. The van der Waals surface area contributed by atoms with Crippen LogP contribution in [0.25, 0.3) is 0 Å². The van der Waals surface area contributed by atoms with Crippen LogP contribution in [0.2, 0.25) is 0 Å². The number of aliphatic imine (C=N–C) groups is 1. The molecule has 0 aromatic heterocycles. The van der Waals surface area contributed by atoms with E-state index in [1.165, 1.54) is 0 Å². The lowest BCUT2D eigenvalue weighted by Crippen LogP contribution is -2.53. The first-order valence-corrected chi connectivity index (χ1v) is 8.44. The van der Waals surface area contributed by atoms with E-state index in [9.17, 15) is 4.79 Å². The number of piperazine rings is 1. The van der Waals surface area contributed by atoms with E-state index in [-0.39, 0.29) is 6.09 Å². The zero-order valence-corrected chi connectivity index (χ0v) is 15.0. The van der Waals surface area contributed by atoms with Crippen LogP contribution < -0.4 is 5.73 Å². The van der Waals surface area contributed by atoms with Gasteiger partial charge in [-0.25, -0.2) is 4.79 Å². The molecule has 23 heavy (non-hydrogen) atoms. The predicted octanol–water partition coefficient (Wildman–Crippen LogP) is 1.67. The Morgan fingerprint density at radius 2 is 1.74 bits per heavy atom. The largest absolute Gasteiger partial charge is 0.444 e. The van der Waals surface area contributed by atoms with E-state index < -0.39 is 5.60 Å². The van der Waals surface area contributed by atoms with Gasteiger partial charge in [0.1, 0.15) is 5.60 Å². The summed E-state index contributed by atoms with van der Waals surface area (Å²) in [4.78, 5) is 20.1. The highest BCUT2D eigenvalue weighted by molar-refractivity contribution is 5.78. The van der Waals surface area contributed by atoms with Crippen LogP contribution in [0.3, 0.4) is 0 Å². The Labute approximate surface area is 139 Å². The van der Waals surface area contributed by atoms with E-state index in [0.29, 0.717) is 38.7 Å². The summed E-state index contributed by atoms with van der Waals surface area (Å²) in [6.07, 6.45) is 1.71. The molecule has 0 aromatic carbocycles. The number of rotatable bonds is 6. The normalized spacial score (nSPS) is 16.6. The summed E-state index contributed by atoms with van der Waals surface area (Å²) in [6.45, 7) is 12.4. The molecule has 2 N–H and O–H groups in total. The number of guanidine groups is 1. The van der Waals surface area contributed by atoms with Gasteiger partial charge in [0.25, 0.3) is 0 Å². The van der Waals surface area contributed by atoms with Gasteiger partial charge in [0.05, 0.1) is 0 Å². The highest BCUT2D eigenvalue weighted by atomic mass is 16.6. The third-order valence-electron chi connectivity index (χ3n) is 3.43. The molecule has 0 aromatic rings. The maximum absolute atomic E-state index is 12.0. The second-order valence-electron chi connectivity index (χ2n) is 6.60. The van der Waals surface area contributed by atoms with E-state index in [0.717, 1.165) is 26.1 Å². The summed E-state index contributed by atoms with van der Waals surface area (Å²) in [5, 5.41) is 0. The Kier molecular flexibility index (Phi) is 8.16. The van der Waals surface area contributed by atoms with Gasteiger partial charge in [-0.05, 0) is 40.5 Å². The molecule has 0 saturated carbocycles.